The van der Waals surface area contributed by atoms with Crippen LogP contribution in [0.5, 0.6) is 5.75 Å². The molecule has 0 radical (unpaired) electrons. The molecule has 0 aromatic heterocycles. The number of para-hydroxylation sites is 2. The monoisotopic (exact) mass is 440 g/mol. The van der Waals surface area contributed by atoms with E-state index in [9.17, 15) is 18.5 Å². The van der Waals surface area contributed by atoms with Crippen molar-refractivity contribution in [1.82, 2.24) is 0 Å². The Balaban J connectivity index is 1.87. The number of hydrazone groups is 1. The van der Waals surface area contributed by atoms with Crippen LogP contribution in [0.1, 0.15) is 11.1 Å². The first-order valence-electron chi connectivity index (χ1n) is 9.11. The third kappa shape index (κ3) is 5.17. The molecule has 0 aliphatic heterocycles. The number of hydrogen-bond donors (Lipinski definition) is 2. The van der Waals surface area contributed by atoms with Crippen molar-refractivity contribution in [2.24, 2.45) is 5.10 Å². The predicted octanol–water partition coefficient (Wildman–Crippen LogP) is 4.16. The van der Waals surface area contributed by atoms with Crippen LogP contribution in [0.15, 0.2) is 76.7 Å². The number of methoxy groups -OCH3 is 1. The molecule has 0 amide bonds. The van der Waals surface area contributed by atoms with Gasteiger partial charge >= 0.3 is 0 Å². The molecule has 0 heterocycles. The Bertz CT molecular complexity index is 1240. The molecule has 0 aliphatic rings. The van der Waals surface area contributed by atoms with Crippen LogP contribution in [0.3, 0.4) is 0 Å². The zero-order valence-corrected chi connectivity index (χ0v) is 17.6. The van der Waals surface area contributed by atoms with Crippen molar-refractivity contribution in [3.8, 4) is 5.75 Å². The smallest absolute Gasteiger partial charge is 0.295 e. The van der Waals surface area contributed by atoms with Gasteiger partial charge in [-0.05, 0) is 42.3 Å². The van der Waals surface area contributed by atoms with Crippen LogP contribution in [0.25, 0.3) is 0 Å². The van der Waals surface area contributed by atoms with E-state index in [1.54, 1.807) is 18.2 Å². The first kappa shape index (κ1) is 21.8. The summed E-state index contributed by atoms with van der Waals surface area (Å²) < 4.78 is 33.0. The number of nitrogens with zero attached hydrogens (tertiary/aromatic N) is 2. The molecule has 0 saturated heterocycles. The van der Waals surface area contributed by atoms with Gasteiger partial charge in [-0.2, -0.15) is 5.10 Å². The highest BCUT2D eigenvalue weighted by Gasteiger charge is 2.22. The van der Waals surface area contributed by atoms with Gasteiger partial charge in [0.05, 0.1) is 28.8 Å². The molecule has 0 fully saturated rings. The Morgan fingerprint density at radius 3 is 2.45 bits per heavy atom. The lowest BCUT2D eigenvalue weighted by Gasteiger charge is -2.12. The largest absolute Gasteiger partial charge is 0.495 e. The summed E-state index contributed by atoms with van der Waals surface area (Å²) in [4.78, 5) is 10.6. The molecule has 9 nitrogen and oxygen atoms in total. The molecule has 31 heavy (non-hydrogen) atoms. The lowest BCUT2D eigenvalue weighted by molar-refractivity contribution is -0.384. The highest BCUT2D eigenvalue weighted by molar-refractivity contribution is 7.92. The number of sulfonamides is 1. The van der Waals surface area contributed by atoms with Gasteiger partial charge in [0, 0.05) is 6.07 Å². The normalized spacial score (nSPS) is 11.3. The lowest BCUT2D eigenvalue weighted by Crippen LogP contribution is -2.14. The van der Waals surface area contributed by atoms with Crippen molar-refractivity contribution < 1.29 is 18.1 Å². The van der Waals surface area contributed by atoms with Crippen LogP contribution < -0.4 is 14.9 Å². The van der Waals surface area contributed by atoms with Crippen molar-refractivity contribution in [3.05, 3.63) is 88.0 Å². The molecule has 3 aromatic rings. The first-order valence-corrected chi connectivity index (χ1v) is 10.6. The molecule has 0 atom stereocenters. The number of ether oxygens (including phenoxy) is 1. The van der Waals surface area contributed by atoms with Gasteiger partial charge in [0.15, 0.2) is 0 Å². The molecule has 0 saturated carbocycles. The van der Waals surface area contributed by atoms with Crippen LogP contribution >= 0.6 is 0 Å². The molecule has 0 unspecified atom stereocenters. The van der Waals surface area contributed by atoms with E-state index in [-0.39, 0.29) is 16.3 Å². The summed E-state index contributed by atoms with van der Waals surface area (Å²) in [5.74, 6) is 0.324. The molecule has 3 rings (SSSR count). The zero-order chi connectivity index (χ0) is 22.4. The van der Waals surface area contributed by atoms with E-state index in [1.165, 1.54) is 31.5 Å². The molecule has 0 aliphatic carbocycles. The minimum absolute atomic E-state index is 0.0612. The second-order valence-corrected chi connectivity index (χ2v) is 8.15. The fourth-order valence-corrected chi connectivity index (χ4v) is 3.85. The van der Waals surface area contributed by atoms with E-state index in [0.717, 1.165) is 17.2 Å². The molecule has 2 N–H and O–H groups in total. The summed E-state index contributed by atoms with van der Waals surface area (Å²) in [7, 11) is -2.68. The van der Waals surface area contributed by atoms with Gasteiger partial charge < -0.3 is 4.74 Å². The van der Waals surface area contributed by atoms with Gasteiger partial charge in [-0.1, -0.05) is 36.4 Å². The third-order valence-electron chi connectivity index (χ3n) is 4.40. The number of nitro groups is 1. The van der Waals surface area contributed by atoms with Crippen LogP contribution in [0, 0.1) is 17.0 Å². The minimum atomic E-state index is -4.09. The van der Waals surface area contributed by atoms with Crippen molar-refractivity contribution in [1.29, 1.82) is 0 Å². The van der Waals surface area contributed by atoms with Crippen LogP contribution in [-0.4, -0.2) is 26.7 Å². The van der Waals surface area contributed by atoms with Crippen molar-refractivity contribution >= 4 is 33.3 Å². The Labute approximate surface area is 179 Å². The number of benzene rings is 3. The number of hydrogen-bond acceptors (Lipinski definition) is 7. The van der Waals surface area contributed by atoms with Crippen LogP contribution in [0.2, 0.25) is 0 Å². The Hall–Kier alpha value is -3.92. The van der Waals surface area contributed by atoms with Crippen LogP contribution in [-0.2, 0) is 10.0 Å². The maximum atomic E-state index is 12.8. The number of rotatable bonds is 8. The van der Waals surface area contributed by atoms with Gasteiger partial charge in [0.25, 0.3) is 15.7 Å². The summed E-state index contributed by atoms with van der Waals surface area (Å²) in [6, 6.07) is 17.5. The van der Waals surface area contributed by atoms with Crippen molar-refractivity contribution in [2.45, 2.75) is 11.8 Å². The first-order chi connectivity index (χ1) is 14.8. The Kier molecular flexibility index (Phi) is 6.51. The number of nitro benzene ring substituents is 1. The highest BCUT2D eigenvalue weighted by atomic mass is 32.2. The van der Waals surface area contributed by atoms with Gasteiger partial charge in [-0.25, -0.2) is 8.42 Å². The van der Waals surface area contributed by atoms with Gasteiger partial charge in [-0.3, -0.25) is 20.3 Å². The Morgan fingerprint density at radius 2 is 1.74 bits per heavy atom. The summed E-state index contributed by atoms with van der Waals surface area (Å²) >= 11 is 0. The summed E-state index contributed by atoms with van der Waals surface area (Å²) in [6.07, 6.45) is 1.53. The highest BCUT2D eigenvalue weighted by Crippen LogP contribution is 2.30. The lowest BCUT2D eigenvalue weighted by atomic mass is 10.1. The fourth-order valence-electron chi connectivity index (χ4n) is 2.76. The molecular weight excluding hydrogens is 420 g/mol. The maximum absolute atomic E-state index is 12.8. The van der Waals surface area contributed by atoms with E-state index < -0.39 is 20.6 Å². The molecule has 3 aromatic carbocycles. The number of aryl methyl sites for hydroxylation is 1. The second kappa shape index (κ2) is 9.26. The number of nitrogens with one attached hydrogen (secondary N) is 2. The standard InChI is InChI=1S/C21H20N4O5S/c1-15-7-3-4-8-16(15)14-22-23-18-12-11-17(13-20(18)25(26)27)31(28,29)24-19-9-5-6-10-21(19)30-2/h3-14,23-24H,1-2H3/b22-14-. The van der Waals surface area contributed by atoms with Crippen molar-refractivity contribution in [3.63, 3.8) is 0 Å². The molecule has 0 spiro atoms. The van der Waals surface area contributed by atoms with E-state index in [4.69, 9.17) is 4.74 Å². The predicted molar refractivity (Wildman–Crippen MR) is 119 cm³/mol. The topological polar surface area (TPSA) is 123 Å². The third-order valence-corrected chi connectivity index (χ3v) is 5.77. The Morgan fingerprint density at radius 1 is 1.03 bits per heavy atom. The average Bonchev–Trinajstić information content (AvgIpc) is 2.75. The van der Waals surface area contributed by atoms with E-state index in [0.29, 0.717) is 5.75 Å². The average molecular weight is 440 g/mol. The zero-order valence-electron chi connectivity index (χ0n) is 16.8. The van der Waals surface area contributed by atoms with Crippen LogP contribution in [0.4, 0.5) is 17.1 Å². The van der Waals surface area contributed by atoms with Crippen molar-refractivity contribution in [2.75, 3.05) is 17.3 Å². The van der Waals surface area contributed by atoms with Gasteiger partial charge in [-0.15, -0.1) is 0 Å². The quantitative estimate of drug-likeness (QED) is 0.308. The second-order valence-electron chi connectivity index (χ2n) is 6.47. The van der Waals surface area contributed by atoms with E-state index in [1.807, 2.05) is 31.2 Å². The fraction of sp³-hybridized carbons (Fsp3) is 0.0952. The van der Waals surface area contributed by atoms with E-state index in [2.05, 4.69) is 15.2 Å². The van der Waals surface area contributed by atoms with E-state index >= 15 is 0 Å². The van der Waals surface area contributed by atoms with Gasteiger partial charge in [0.2, 0.25) is 0 Å². The molecule has 10 heteroatoms. The maximum Gasteiger partial charge on any atom is 0.295 e. The minimum Gasteiger partial charge on any atom is -0.495 e. The number of anilines is 2. The van der Waals surface area contributed by atoms with Gasteiger partial charge in [0.1, 0.15) is 11.4 Å². The molecule has 160 valence electrons. The molecular formula is C21H20N4O5S. The molecule has 0 bridgehead atoms. The summed E-state index contributed by atoms with van der Waals surface area (Å²) in [5, 5.41) is 15.6. The SMILES string of the molecule is COc1ccccc1NS(=O)(=O)c1ccc(N/N=C\c2ccccc2C)c([N+](=O)[O-])c1. The summed E-state index contributed by atoms with van der Waals surface area (Å²) in [5.41, 5.74) is 4.30. The summed E-state index contributed by atoms with van der Waals surface area (Å²) in [6.45, 7) is 1.91.